The van der Waals surface area contributed by atoms with Crippen molar-refractivity contribution >= 4 is 23.2 Å². The molecule has 1 aromatic rings. The molecule has 1 aliphatic rings. The molecule has 0 amide bonds. The molecule has 1 atom stereocenters. The number of halogens is 3. The summed E-state index contributed by atoms with van der Waals surface area (Å²) in [7, 11) is 1.21. The predicted molar refractivity (Wildman–Crippen MR) is 86.4 cm³/mol. The summed E-state index contributed by atoms with van der Waals surface area (Å²) in [6.45, 7) is 2.28. The number of rotatable bonds is 5. The Bertz CT molecular complexity index is 661. The number of methoxy groups -OCH3 is 1. The van der Waals surface area contributed by atoms with Gasteiger partial charge in [0.05, 0.1) is 12.7 Å². The minimum Gasteiger partial charge on any atom is -0.496 e. The molecule has 1 fully saturated rings. The van der Waals surface area contributed by atoms with Gasteiger partial charge in [-0.2, -0.15) is 13.2 Å². The smallest absolute Gasteiger partial charge is 0.419 e. The van der Waals surface area contributed by atoms with Gasteiger partial charge in [-0.1, -0.05) is 25.6 Å². The largest absolute Gasteiger partial charge is 0.496 e. The van der Waals surface area contributed by atoms with E-state index in [1.165, 1.54) is 12.0 Å². The van der Waals surface area contributed by atoms with Crippen molar-refractivity contribution in [2.24, 2.45) is 0 Å². The van der Waals surface area contributed by atoms with E-state index in [1.54, 1.807) is 6.07 Å². The van der Waals surface area contributed by atoms with E-state index in [-0.39, 0.29) is 16.3 Å². The Hall–Kier alpha value is -1.83. The van der Waals surface area contributed by atoms with E-state index in [0.717, 1.165) is 6.07 Å². The third-order valence-electron chi connectivity index (χ3n) is 4.01. The molecule has 24 heavy (non-hydrogen) atoms. The molecule has 1 N–H and O–H groups in total. The standard InChI is InChI=1S/C16H18F3NO3S/c1-3-4-9-7-10(8-11(13(9)23-2)16(17,18)19)14(24)20-6-5-12(20)15(21)22/h7-8,12H,3-6H2,1-2H3,(H,21,22)/t12-/m1/s1. The van der Waals surface area contributed by atoms with Gasteiger partial charge in [0.2, 0.25) is 0 Å². The first-order chi connectivity index (χ1) is 11.2. The van der Waals surface area contributed by atoms with Crippen molar-refractivity contribution in [1.29, 1.82) is 0 Å². The van der Waals surface area contributed by atoms with Crippen LogP contribution in [0.4, 0.5) is 13.2 Å². The quantitative estimate of drug-likeness (QED) is 0.814. The lowest BCUT2D eigenvalue weighted by molar-refractivity contribution is -0.145. The minimum absolute atomic E-state index is 0.124. The van der Waals surface area contributed by atoms with Crippen molar-refractivity contribution in [1.82, 2.24) is 4.90 Å². The molecule has 1 aromatic carbocycles. The fourth-order valence-electron chi connectivity index (χ4n) is 2.77. The number of carboxylic acids is 1. The van der Waals surface area contributed by atoms with Gasteiger partial charge in [-0.25, -0.2) is 4.79 Å². The van der Waals surface area contributed by atoms with E-state index in [9.17, 15) is 18.0 Å². The van der Waals surface area contributed by atoms with Crippen molar-refractivity contribution in [2.45, 2.75) is 38.4 Å². The molecule has 0 radical (unpaired) electrons. The summed E-state index contributed by atoms with van der Waals surface area (Å²) in [5.74, 6) is -1.23. The van der Waals surface area contributed by atoms with Crippen LogP contribution in [0.2, 0.25) is 0 Å². The zero-order valence-electron chi connectivity index (χ0n) is 13.3. The summed E-state index contributed by atoms with van der Waals surface area (Å²) >= 11 is 5.25. The summed E-state index contributed by atoms with van der Waals surface area (Å²) in [4.78, 5) is 12.7. The van der Waals surface area contributed by atoms with Gasteiger partial charge >= 0.3 is 12.1 Å². The molecule has 1 saturated heterocycles. The molecule has 2 rings (SSSR count). The highest BCUT2D eigenvalue weighted by atomic mass is 32.1. The second-order valence-electron chi connectivity index (χ2n) is 5.61. The molecule has 0 aromatic heterocycles. The van der Waals surface area contributed by atoms with E-state index in [2.05, 4.69) is 0 Å². The van der Waals surface area contributed by atoms with Crippen LogP contribution in [-0.4, -0.2) is 40.7 Å². The first-order valence-corrected chi connectivity index (χ1v) is 7.93. The normalized spacial score (nSPS) is 17.4. The van der Waals surface area contributed by atoms with Crippen molar-refractivity contribution in [3.63, 3.8) is 0 Å². The highest BCUT2D eigenvalue weighted by Crippen LogP contribution is 2.40. The number of benzene rings is 1. The predicted octanol–water partition coefficient (Wildman–Crippen LogP) is 3.50. The molecule has 132 valence electrons. The van der Waals surface area contributed by atoms with Crippen LogP contribution in [0.5, 0.6) is 5.75 Å². The first-order valence-electron chi connectivity index (χ1n) is 7.52. The zero-order valence-corrected chi connectivity index (χ0v) is 14.1. The molecule has 0 bridgehead atoms. The highest BCUT2D eigenvalue weighted by molar-refractivity contribution is 7.80. The van der Waals surface area contributed by atoms with Crippen molar-refractivity contribution in [2.75, 3.05) is 13.7 Å². The second-order valence-corrected chi connectivity index (χ2v) is 5.99. The van der Waals surface area contributed by atoms with Gasteiger partial charge in [0.15, 0.2) is 0 Å². The van der Waals surface area contributed by atoms with Crippen LogP contribution in [0, 0.1) is 0 Å². The Kier molecular flexibility index (Phi) is 5.37. The molecule has 0 aliphatic carbocycles. The Morgan fingerprint density at radius 3 is 2.54 bits per heavy atom. The summed E-state index contributed by atoms with van der Waals surface area (Å²) in [6.07, 6.45) is -3.10. The average molecular weight is 361 g/mol. The number of ether oxygens (including phenoxy) is 1. The molecule has 1 aliphatic heterocycles. The van der Waals surface area contributed by atoms with Crippen molar-refractivity contribution in [3.05, 3.63) is 28.8 Å². The number of aliphatic carboxylic acids is 1. The summed E-state index contributed by atoms with van der Waals surface area (Å²) < 4.78 is 45.1. The lowest BCUT2D eigenvalue weighted by atomic mass is 9.97. The Morgan fingerprint density at radius 1 is 1.46 bits per heavy atom. The van der Waals surface area contributed by atoms with Crippen molar-refractivity contribution in [3.8, 4) is 5.75 Å². The van der Waals surface area contributed by atoms with Gasteiger partial charge in [-0.3, -0.25) is 0 Å². The van der Waals surface area contributed by atoms with Crippen LogP contribution in [0.1, 0.15) is 36.5 Å². The molecule has 4 nitrogen and oxygen atoms in total. The van der Waals surface area contributed by atoms with Crippen LogP contribution in [0.25, 0.3) is 0 Å². The number of alkyl halides is 3. The fraction of sp³-hybridized carbons (Fsp3) is 0.500. The van der Waals surface area contributed by atoms with E-state index >= 15 is 0 Å². The summed E-state index contributed by atoms with van der Waals surface area (Å²) in [5, 5.41) is 9.10. The number of nitrogens with zero attached hydrogens (tertiary/aromatic N) is 1. The summed E-state index contributed by atoms with van der Waals surface area (Å²) in [6, 6.07) is 1.73. The summed E-state index contributed by atoms with van der Waals surface area (Å²) in [5.41, 5.74) is -0.271. The fourth-order valence-corrected chi connectivity index (χ4v) is 3.11. The molecule has 1 heterocycles. The molecular formula is C16H18F3NO3S. The van der Waals surface area contributed by atoms with Crippen LogP contribution < -0.4 is 4.74 Å². The monoisotopic (exact) mass is 361 g/mol. The van der Waals surface area contributed by atoms with Gasteiger partial charge in [-0.15, -0.1) is 0 Å². The Balaban J connectivity index is 2.48. The lowest BCUT2D eigenvalue weighted by Crippen LogP contribution is -2.54. The number of carboxylic acid groups (broad SMARTS) is 1. The van der Waals surface area contributed by atoms with Gasteiger partial charge in [0, 0.05) is 12.1 Å². The number of carbonyl (C=O) groups is 1. The molecule has 0 spiro atoms. The van der Waals surface area contributed by atoms with Gasteiger partial charge < -0.3 is 14.7 Å². The van der Waals surface area contributed by atoms with Crippen LogP contribution in [-0.2, 0) is 17.4 Å². The van der Waals surface area contributed by atoms with E-state index < -0.39 is 23.8 Å². The Labute approximate surface area is 143 Å². The first kappa shape index (κ1) is 18.5. The van der Waals surface area contributed by atoms with Gasteiger partial charge in [0.1, 0.15) is 16.8 Å². The van der Waals surface area contributed by atoms with Crippen LogP contribution in [0.3, 0.4) is 0 Å². The number of likely N-dealkylation sites (tertiary alicyclic amines) is 1. The number of hydrogen-bond donors (Lipinski definition) is 1. The van der Waals surface area contributed by atoms with Gasteiger partial charge in [0.25, 0.3) is 0 Å². The maximum atomic E-state index is 13.4. The Morgan fingerprint density at radius 2 is 2.12 bits per heavy atom. The second kappa shape index (κ2) is 6.96. The lowest BCUT2D eigenvalue weighted by Gasteiger charge is -2.40. The van der Waals surface area contributed by atoms with E-state index in [4.69, 9.17) is 22.1 Å². The number of thiocarbonyl (C=S) groups is 1. The molecule has 8 heteroatoms. The third kappa shape index (κ3) is 3.48. The topological polar surface area (TPSA) is 49.8 Å². The van der Waals surface area contributed by atoms with Crippen LogP contribution >= 0.6 is 12.2 Å². The SMILES string of the molecule is CCCc1cc(C(=S)N2CC[C@@H]2C(=O)O)cc(C(F)(F)F)c1OC. The minimum atomic E-state index is -4.58. The van der Waals surface area contributed by atoms with Crippen LogP contribution in [0.15, 0.2) is 12.1 Å². The average Bonchev–Trinajstić information content (AvgIpc) is 2.43. The highest BCUT2D eigenvalue weighted by Gasteiger charge is 2.39. The maximum Gasteiger partial charge on any atom is 0.419 e. The number of aryl methyl sites for hydroxylation is 1. The molecular weight excluding hydrogens is 343 g/mol. The zero-order chi connectivity index (χ0) is 18.1. The maximum absolute atomic E-state index is 13.4. The third-order valence-corrected chi connectivity index (χ3v) is 4.48. The molecule has 0 saturated carbocycles. The molecule has 0 unspecified atom stereocenters. The van der Waals surface area contributed by atoms with Crippen molar-refractivity contribution < 1.29 is 27.8 Å². The van der Waals surface area contributed by atoms with Gasteiger partial charge in [-0.05, 0) is 30.5 Å². The number of hydrogen-bond acceptors (Lipinski definition) is 3. The van der Waals surface area contributed by atoms with E-state index in [0.29, 0.717) is 31.4 Å². The van der Waals surface area contributed by atoms with E-state index in [1.807, 2.05) is 6.92 Å².